The molecule has 1 N–H and O–H groups in total. The van der Waals surface area contributed by atoms with E-state index in [9.17, 15) is 8.42 Å². The summed E-state index contributed by atoms with van der Waals surface area (Å²) in [5.74, 6) is 0. The van der Waals surface area contributed by atoms with Crippen LogP contribution in [0.15, 0.2) is 51.8 Å². The molecule has 0 aromatic heterocycles. The van der Waals surface area contributed by atoms with E-state index < -0.39 is 10.0 Å². The molecule has 6 heteroatoms. The summed E-state index contributed by atoms with van der Waals surface area (Å²) in [4.78, 5) is 2.50. The highest BCUT2D eigenvalue weighted by atomic mass is 79.9. The molecule has 1 atom stereocenters. The number of nitrogens with one attached hydrogen (secondary N) is 1. The molecule has 0 fully saturated rings. The molecular weight excluding hydrogens is 388 g/mol. The standard InChI is InChI=1S/C18H21BrN2O2S/c1-21(2)15-9-10-17-13(11-15)5-3-8-18(17)20-24(22,23)16-7-4-6-14(19)12-16/h3-8,12,15,20H,9-11H2,1-2H3/t15-/m0/s1. The van der Waals surface area contributed by atoms with Crippen LogP contribution in [0.4, 0.5) is 5.69 Å². The fraction of sp³-hybridized carbons (Fsp3) is 0.333. The van der Waals surface area contributed by atoms with Gasteiger partial charge in [0.1, 0.15) is 0 Å². The lowest BCUT2D eigenvalue weighted by molar-refractivity contribution is 0.268. The van der Waals surface area contributed by atoms with Crippen LogP contribution in [-0.2, 0) is 22.9 Å². The van der Waals surface area contributed by atoms with Gasteiger partial charge in [0.2, 0.25) is 0 Å². The number of nitrogens with zero attached hydrogens (tertiary/aromatic N) is 1. The SMILES string of the molecule is CN(C)[C@H]1CCc2c(cccc2NS(=O)(=O)c2cccc(Br)c2)C1. The number of rotatable bonds is 4. The smallest absolute Gasteiger partial charge is 0.261 e. The number of benzene rings is 2. The van der Waals surface area contributed by atoms with Crippen molar-refractivity contribution >= 4 is 31.6 Å². The van der Waals surface area contributed by atoms with Crippen molar-refractivity contribution in [1.82, 2.24) is 4.90 Å². The summed E-state index contributed by atoms with van der Waals surface area (Å²) in [5.41, 5.74) is 3.05. The molecule has 2 aromatic rings. The Bertz CT molecular complexity index is 850. The molecule has 0 amide bonds. The summed E-state index contributed by atoms with van der Waals surface area (Å²) in [6.45, 7) is 0. The first-order valence-corrected chi connectivity index (χ1v) is 10.2. The average molecular weight is 409 g/mol. The first-order valence-electron chi connectivity index (χ1n) is 7.92. The number of fused-ring (bicyclic) bond motifs is 1. The van der Waals surface area contributed by atoms with E-state index in [-0.39, 0.29) is 4.90 Å². The lowest BCUT2D eigenvalue weighted by atomic mass is 9.87. The van der Waals surface area contributed by atoms with Crippen LogP contribution in [0.3, 0.4) is 0 Å². The fourth-order valence-electron chi connectivity index (χ4n) is 3.16. The molecule has 1 aliphatic rings. The molecule has 0 aliphatic heterocycles. The lowest BCUT2D eigenvalue weighted by Gasteiger charge is -2.31. The number of anilines is 1. The van der Waals surface area contributed by atoms with Crippen molar-refractivity contribution in [3.8, 4) is 0 Å². The number of sulfonamides is 1. The van der Waals surface area contributed by atoms with Gasteiger partial charge < -0.3 is 4.90 Å². The Hall–Kier alpha value is -1.37. The third kappa shape index (κ3) is 3.66. The van der Waals surface area contributed by atoms with Crippen LogP contribution >= 0.6 is 15.9 Å². The Morgan fingerprint density at radius 1 is 1.17 bits per heavy atom. The van der Waals surface area contributed by atoms with Crippen LogP contribution in [0.2, 0.25) is 0 Å². The highest BCUT2D eigenvalue weighted by molar-refractivity contribution is 9.10. The van der Waals surface area contributed by atoms with E-state index >= 15 is 0 Å². The molecule has 24 heavy (non-hydrogen) atoms. The summed E-state index contributed by atoms with van der Waals surface area (Å²) in [5, 5.41) is 0. The number of hydrogen-bond donors (Lipinski definition) is 1. The molecule has 128 valence electrons. The van der Waals surface area contributed by atoms with Gasteiger partial charge in [-0.25, -0.2) is 8.42 Å². The van der Waals surface area contributed by atoms with E-state index in [0.717, 1.165) is 29.3 Å². The van der Waals surface area contributed by atoms with Gasteiger partial charge in [-0.3, -0.25) is 4.72 Å². The van der Waals surface area contributed by atoms with Crippen molar-refractivity contribution in [1.29, 1.82) is 0 Å². The summed E-state index contributed by atoms with van der Waals surface area (Å²) in [7, 11) is 0.596. The zero-order chi connectivity index (χ0) is 17.3. The number of likely N-dealkylation sites (N-methyl/N-ethyl adjacent to an activating group) is 1. The molecule has 0 heterocycles. The predicted molar refractivity (Wildman–Crippen MR) is 101 cm³/mol. The van der Waals surface area contributed by atoms with Crippen molar-refractivity contribution in [2.45, 2.75) is 30.2 Å². The van der Waals surface area contributed by atoms with Crippen LogP contribution in [0.5, 0.6) is 0 Å². The Kier molecular flexibility index (Phi) is 4.99. The highest BCUT2D eigenvalue weighted by Crippen LogP contribution is 2.31. The van der Waals surface area contributed by atoms with Crippen LogP contribution < -0.4 is 4.72 Å². The van der Waals surface area contributed by atoms with Gasteiger partial charge in [0, 0.05) is 10.5 Å². The van der Waals surface area contributed by atoms with Crippen LogP contribution in [-0.4, -0.2) is 33.5 Å². The predicted octanol–water partition coefficient (Wildman–Crippen LogP) is 3.67. The van der Waals surface area contributed by atoms with E-state index in [1.54, 1.807) is 18.2 Å². The molecule has 0 unspecified atom stereocenters. The van der Waals surface area contributed by atoms with Crippen LogP contribution in [0, 0.1) is 0 Å². The summed E-state index contributed by atoms with van der Waals surface area (Å²) >= 11 is 3.32. The maximum Gasteiger partial charge on any atom is 0.261 e. The minimum Gasteiger partial charge on any atom is -0.306 e. The zero-order valence-electron chi connectivity index (χ0n) is 13.8. The largest absolute Gasteiger partial charge is 0.306 e. The van der Waals surface area contributed by atoms with Crippen molar-refractivity contribution in [2.24, 2.45) is 0 Å². The van der Waals surface area contributed by atoms with E-state index in [1.165, 1.54) is 5.56 Å². The molecule has 2 aromatic carbocycles. The van der Waals surface area contributed by atoms with E-state index in [4.69, 9.17) is 0 Å². The third-order valence-electron chi connectivity index (χ3n) is 4.54. The Morgan fingerprint density at radius 3 is 2.62 bits per heavy atom. The molecular formula is C18H21BrN2O2S. The van der Waals surface area contributed by atoms with E-state index in [0.29, 0.717) is 11.7 Å². The first kappa shape index (κ1) is 17.5. The molecule has 0 radical (unpaired) electrons. The quantitative estimate of drug-likeness (QED) is 0.839. The number of hydrogen-bond acceptors (Lipinski definition) is 3. The summed E-state index contributed by atoms with van der Waals surface area (Å²) in [6, 6.07) is 13.1. The van der Waals surface area contributed by atoms with Gasteiger partial charge in [-0.15, -0.1) is 0 Å². The zero-order valence-corrected chi connectivity index (χ0v) is 16.2. The molecule has 0 saturated carbocycles. The van der Waals surface area contributed by atoms with Gasteiger partial charge in [-0.05, 0) is 68.8 Å². The fourth-order valence-corrected chi connectivity index (χ4v) is 4.85. The third-order valence-corrected chi connectivity index (χ3v) is 6.39. The minimum absolute atomic E-state index is 0.261. The number of halogens is 1. The summed E-state index contributed by atoms with van der Waals surface area (Å²) in [6.07, 6.45) is 2.87. The molecule has 1 aliphatic carbocycles. The second-order valence-corrected chi connectivity index (χ2v) is 8.96. The van der Waals surface area contributed by atoms with Gasteiger partial charge >= 0.3 is 0 Å². The Labute approximate surface area is 152 Å². The topological polar surface area (TPSA) is 49.4 Å². The van der Waals surface area contributed by atoms with E-state index in [1.807, 2.05) is 18.2 Å². The Balaban J connectivity index is 1.91. The Morgan fingerprint density at radius 2 is 1.92 bits per heavy atom. The van der Waals surface area contributed by atoms with Crippen molar-refractivity contribution < 1.29 is 8.42 Å². The molecule has 0 saturated heterocycles. The molecule has 0 spiro atoms. The average Bonchev–Trinajstić information content (AvgIpc) is 2.54. The molecule has 4 nitrogen and oxygen atoms in total. The van der Waals surface area contributed by atoms with Crippen LogP contribution in [0.25, 0.3) is 0 Å². The van der Waals surface area contributed by atoms with Gasteiger partial charge in [0.05, 0.1) is 10.6 Å². The van der Waals surface area contributed by atoms with Crippen molar-refractivity contribution in [2.75, 3.05) is 18.8 Å². The second-order valence-electron chi connectivity index (χ2n) is 6.37. The molecule has 3 rings (SSSR count). The van der Waals surface area contributed by atoms with Gasteiger partial charge in [-0.2, -0.15) is 0 Å². The lowest BCUT2D eigenvalue weighted by Crippen LogP contribution is -2.33. The van der Waals surface area contributed by atoms with Crippen LogP contribution in [0.1, 0.15) is 17.5 Å². The maximum atomic E-state index is 12.7. The van der Waals surface area contributed by atoms with Crippen molar-refractivity contribution in [3.63, 3.8) is 0 Å². The normalized spacial score (nSPS) is 17.6. The maximum absolute atomic E-state index is 12.7. The monoisotopic (exact) mass is 408 g/mol. The first-order chi connectivity index (χ1) is 11.4. The van der Waals surface area contributed by atoms with Gasteiger partial charge in [0.15, 0.2) is 0 Å². The van der Waals surface area contributed by atoms with Gasteiger partial charge in [0.25, 0.3) is 10.0 Å². The van der Waals surface area contributed by atoms with Gasteiger partial charge in [-0.1, -0.05) is 34.1 Å². The van der Waals surface area contributed by atoms with Crippen molar-refractivity contribution in [3.05, 3.63) is 58.1 Å². The summed E-state index contributed by atoms with van der Waals surface area (Å²) < 4.78 is 28.9. The van der Waals surface area contributed by atoms with E-state index in [2.05, 4.69) is 45.7 Å². The minimum atomic E-state index is -3.59. The second kappa shape index (κ2) is 6.86. The highest BCUT2D eigenvalue weighted by Gasteiger charge is 2.24. The molecule has 0 bridgehead atoms.